The molecule has 178 valence electrons. The van der Waals surface area contributed by atoms with Crippen molar-refractivity contribution in [3.63, 3.8) is 0 Å². The molecule has 0 atom stereocenters. The van der Waals surface area contributed by atoms with Crippen molar-refractivity contribution < 1.29 is 19.3 Å². The first-order valence-electron chi connectivity index (χ1n) is 11.0. The number of nitrogens with one attached hydrogen (secondary N) is 2. The fraction of sp³-hybridized carbons (Fsp3) is 0.0769. The molecule has 2 heterocycles. The lowest BCUT2D eigenvalue weighted by molar-refractivity contribution is -0.384. The third-order valence-electron chi connectivity index (χ3n) is 5.93. The maximum atomic E-state index is 13.0. The van der Waals surface area contributed by atoms with E-state index in [0.29, 0.717) is 22.6 Å². The number of amides is 4. The summed E-state index contributed by atoms with van der Waals surface area (Å²) in [6.45, 7) is 0. The molecule has 5 rings (SSSR count). The Balaban J connectivity index is 1.51. The van der Waals surface area contributed by atoms with Crippen LogP contribution in [0.1, 0.15) is 16.7 Å². The molecule has 4 amide bonds. The number of fused-ring (bicyclic) bond motifs is 1. The van der Waals surface area contributed by atoms with Crippen molar-refractivity contribution in [2.45, 2.75) is 6.42 Å². The first kappa shape index (κ1) is 22.7. The summed E-state index contributed by atoms with van der Waals surface area (Å²) in [6.07, 6.45) is 0.210. The molecular formula is C26H19N5O5. The number of anilines is 2. The van der Waals surface area contributed by atoms with Gasteiger partial charge in [-0.2, -0.15) is 4.99 Å². The molecule has 0 saturated carbocycles. The van der Waals surface area contributed by atoms with Gasteiger partial charge < -0.3 is 10.6 Å². The van der Waals surface area contributed by atoms with E-state index in [9.17, 15) is 24.5 Å². The van der Waals surface area contributed by atoms with Gasteiger partial charge in [0.2, 0.25) is 0 Å². The Bertz CT molecular complexity index is 1490. The van der Waals surface area contributed by atoms with Crippen LogP contribution in [0, 0.1) is 10.1 Å². The Kier molecular flexibility index (Phi) is 5.61. The van der Waals surface area contributed by atoms with Crippen molar-refractivity contribution in [2.24, 2.45) is 4.99 Å². The zero-order valence-electron chi connectivity index (χ0n) is 19.0. The molecule has 0 radical (unpaired) electrons. The molecule has 0 saturated heterocycles. The van der Waals surface area contributed by atoms with Gasteiger partial charge in [0, 0.05) is 42.5 Å². The van der Waals surface area contributed by atoms with E-state index < -0.39 is 16.9 Å². The highest BCUT2D eigenvalue weighted by Crippen LogP contribution is 2.39. The predicted molar refractivity (Wildman–Crippen MR) is 134 cm³/mol. The summed E-state index contributed by atoms with van der Waals surface area (Å²) in [6, 6.07) is 20.0. The van der Waals surface area contributed by atoms with Crippen molar-refractivity contribution in [3.8, 4) is 0 Å². The average molecular weight is 481 g/mol. The lowest BCUT2D eigenvalue weighted by atomic mass is 9.99. The van der Waals surface area contributed by atoms with Crippen LogP contribution in [-0.2, 0) is 16.0 Å². The lowest BCUT2D eigenvalue weighted by Gasteiger charge is -2.15. The molecule has 10 nitrogen and oxygen atoms in total. The van der Waals surface area contributed by atoms with E-state index in [1.54, 1.807) is 24.3 Å². The summed E-state index contributed by atoms with van der Waals surface area (Å²) in [7, 11) is 1.39. The molecule has 2 aliphatic rings. The van der Waals surface area contributed by atoms with Crippen LogP contribution in [-0.4, -0.2) is 40.4 Å². The number of aliphatic imine (C=N–C) groups is 1. The van der Waals surface area contributed by atoms with E-state index in [-0.39, 0.29) is 29.3 Å². The van der Waals surface area contributed by atoms with Crippen LogP contribution >= 0.6 is 0 Å². The van der Waals surface area contributed by atoms with Gasteiger partial charge in [0.15, 0.2) is 0 Å². The Morgan fingerprint density at radius 3 is 2.39 bits per heavy atom. The van der Waals surface area contributed by atoms with Crippen LogP contribution in [0.3, 0.4) is 0 Å². The van der Waals surface area contributed by atoms with Crippen molar-refractivity contribution in [2.75, 3.05) is 17.7 Å². The number of hydrogen-bond acceptors (Lipinski definition) is 6. The summed E-state index contributed by atoms with van der Waals surface area (Å²) in [5.74, 6) is -0.793. The Morgan fingerprint density at radius 2 is 1.75 bits per heavy atom. The maximum Gasteiger partial charge on any atom is 0.350 e. The number of hydrogen-bond donors (Lipinski definition) is 2. The summed E-state index contributed by atoms with van der Waals surface area (Å²) >= 11 is 0. The van der Waals surface area contributed by atoms with Crippen LogP contribution in [0.5, 0.6) is 0 Å². The topological polar surface area (TPSA) is 134 Å². The quantitative estimate of drug-likeness (QED) is 0.309. The number of imide groups is 1. The Hall–Kier alpha value is -5.12. The van der Waals surface area contributed by atoms with Crippen LogP contribution in [0.15, 0.2) is 77.8 Å². The first-order chi connectivity index (χ1) is 17.3. The van der Waals surface area contributed by atoms with Gasteiger partial charge in [-0.25, -0.2) is 4.79 Å². The summed E-state index contributed by atoms with van der Waals surface area (Å²) in [4.78, 5) is 52.3. The minimum Gasteiger partial charge on any atom is -0.354 e. The molecule has 0 aromatic heterocycles. The molecule has 0 aliphatic carbocycles. The number of rotatable bonds is 6. The second-order valence-corrected chi connectivity index (χ2v) is 8.26. The van der Waals surface area contributed by atoms with E-state index in [4.69, 9.17) is 0 Å². The van der Waals surface area contributed by atoms with Gasteiger partial charge in [0.1, 0.15) is 5.71 Å². The van der Waals surface area contributed by atoms with E-state index in [1.807, 2.05) is 30.3 Å². The van der Waals surface area contributed by atoms with Gasteiger partial charge in [-0.3, -0.25) is 24.6 Å². The molecule has 10 heteroatoms. The highest BCUT2D eigenvalue weighted by molar-refractivity contribution is 6.46. The van der Waals surface area contributed by atoms with Crippen LogP contribution in [0.2, 0.25) is 0 Å². The molecule has 3 aromatic carbocycles. The second kappa shape index (κ2) is 8.91. The first-order valence-corrected chi connectivity index (χ1v) is 11.0. The minimum atomic E-state index is -0.581. The maximum absolute atomic E-state index is 13.0. The van der Waals surface area contributed by atoms with E-state index >= 15 is 0 Å². The predicted octanol–water partition coefficient (Wildman–Crippen LogP) is 4.10. The smallest absolute Gasteiger partial charge is 0.350 e. The van der Waals surface area contributed by atoms with Crippen LogP contribution < -0.4 is 10.6 Å². The van der Waals surface area contributed by atoms with Gasteiger partial charge in [0.05, 0.1) is 16.2 Å². The molecule has 0 fully saturated rings. The summed E-state index contributed by atoms with van der Waals surface area (Å²) in [5, 5.41) is 17.4. The molecular weight excluding hydrogens is 462 g/mol. The Morgan fingerprint density at radius 1 is 1.03 bits per heavy atom. The van der Waals surface area contributed by atoms with Crippen molar-refractivity contribution in [1.82, 2.24) is 4.90 Å². The lowest BCUT2D eigenvalue weighted by Crippen LogP contribution is -2.29. The van der Waals surface area contributed by atoms with E-state index in [2.05, 4.69) is 15.6 Å². The molecule has 36 heavy (non-hydrogen) atoms. The molecule has 0 bridgehead atoms. The zero-order valence-corrected chi connectivity index (χ0v) is 19.0. The van der Waals surface area contributed by atoms with Gasteiger partial charge in [0.25, 0.3) is 17.5 Å². The Labute approximate surface area is 205 Å². The molecule has 2 N–H and O–H groups in total. The molecule has 2 aliphatic heterocycles. The number of nitrogens with zero attached hydrogens (tertiary/aromatic N) is 3. The fourth-order valence-electron chi connectivity index (χ4n) is 4.08. The summed E-state index contributed by atoms with van der Waals surface area (Å²) < 4.78 is 0. The van der Waals surface area contributed by atoms with Crippen LogP contribution in [0.4, 0.5) is 21.9 Å². The summed E-state index contributed by atoms with van der Waals surface area (Å²) in [5.41, 5.74) is 3.92. The zero-order chi connectivity index (χ0) is 25.4. The average Bonchev–Trinajstić information content (AvgIpc) is 3.33. The van der Waals surface area contributed by atoms with E-state index in [0.717, 1.165) is 16.0 Å². The van der Waals surface area contributed by atoms with Gasteiger partial charge in [-0.15, -0.1) is 0 Å². The van der Waals surface area contributed by atoms with Crippen molar-refractivity contribution in [1.29, 1.82) is 0 Å². The van der Waals surface area contributed by atoms with E-state index in [1.165, 1.54) is 25.2 Å². The number of nitro groups is 1. The largest absolute Gasteiger partial charge is 0.354 e. The second-order valence-electron chi connectivity index (χ2n) is 8.26. The molecule has 0 unspecified atom stereocenters. The minimum absolute atomic E-state index is 0.118. The standard InChI is InChI=1S/C26H19N5O5/c1-30-25(33)21(29-26(30)34)13-15-7-9-17(10-8-15)27-23(16-5-3-2-4-6-16)22-19-14-18(31(35)36)11-12-20(19)28-24(22)32/h2-12,14,27H,13H2,1H3,(H,28,32)/b23-22-. The van der Waals surface area contributed by atoms with Crippen LogP contribution in [0.25, 0.3) is 11.3 Å². The third-order valence-corrected chi connectivity index (χ3v) is 5.93. The molecule has 0 spiro atoms. The number of non-ortho nitro benzene ring substituents is 1. The van der Waals surface area contributed by atoms with Crippen molar-refractivity contribution in [3.05, 3.63) is 99.6 Å². The van der Waals surface area contributed by atoms with Gasteiger partial charge in [-0.1, -0.05) is 42.5 Å². The normalized spacial score (nSPS) is 16.0. The number of nitro benzene ring substituents is 1. The number of benzene rings is 3. The fourth-order valence-corrected chi connectivity index (χ4v) is 4.08. The van der Waals surface area contributed by atoms with Crippen molar-refractivity contribution >= 4 is 51.9 Å². The highest BCUT2D eigenvalue weighted by atomic mass is 16.6. The molecule has 3 aromatic rings. The van der Waals surface area contributed by atoms with Gasteiger partial charge in [-0.05, 0) is 29.3 Å². The highest BCUT2D eigenvalue weighted by Gasteiger charge is 2.31. The number of urea groups is 1. The monoisotopic (exact) mass is 481 g/mol. The number of carbonyl (C=O) groups is 3. The number of carbonyl (C=O) groups excluding carboxylic acids is 3. The van der Waals surface area contributed by atoms with Gasteiger partial charge >= 0.3 is 6.03 Å². The SMILES string of the molecule is CN1C(=O)N=C(Cc2ccc(N/C(=C3\C(=O)Nc4ccc([N+](=O)[O-])cc43)c3ccccc3)cc2)C1=O. The third kappa shape index (κ3) is 4.11.